The van der Waals surface area contributed by atoms with Crippen molar-refractivity contribution in [2.45, 2.75) is 19.3 Å². The molecule has 0 unspecified atom stereocenters. The summed E-state index contributed by atoms with van der Waals surface area (Å²) in [5.74, 6) is 1.27. The lowest BCUT2D eigenvalue weighted by molar-refractivity contribution is 0.0953. The topological polar surface area (TPSA) is 60.5 Å². The quantitative estimate of drug-likeness (QED) is 0.283. The van der Waals surface area contributed by atoms with Crippen LogP contribution in [0.4, 0.5) is 0 Å². The summed E-state index contributed by atoms with van der Waals surface area (Å²) in [4.78, 5) is 17.1. The lowest BCUT2D eigenvalue weighted by atomic mass is 9.92. The van der Waals surface area contributed by atoms with E-state index in [2.05, 4.69) is 28.5 Å². The zero-order chi connectivity index (χ0) is 24.5. The highest BCUT2D eigenvalue weighted by atomic mass is 16.5. The van der Waals surface area contributed by atoms with Gasteiger partial charge in [-0.05, 0) is 77.4 Å². The summed E-state index contributed by atoms with van der Waals surface area (Å²) >= 11 is 0. The number of nitrogens with zero attached hydrogens (tertiary/aromatic N) is 1. The number of carbonyl (C=O) groups is 1. The molecule has 178 valence electrons. The first-order valence-corrected chi connectivity index (χ1v) is 11.8. The van der Waals surface area contributed by atoms with E-state index < -0.39 is 0 Å². The third-order valence-corrected chi connectivity index (χ3v) is 5.96. The number of aryl methyl sites for hydroxylation is 1. The van der Waals surface area contributed by atoms with Crippen molar-refractivity contribution in [3.63, 3.8) is 0 Å². The molecule has 5 nitrogen and oxygen atoms in total. The van der Waals surface area contributed by atoms with Crippen molar-refractivity contribution in [3.8, 4) is 33.8 Å². The van der Waals surface area contributed by atoms with E-state index in [-0.39, 0.29) is 5.91 Å². The van der Waals surface area contributed by atoms with Crippen molar-refractivity contribution >= 4 is 5.91 Å². The Hall–Kier alpha value is -4.12. The van der Waals surface area contributed by atoms with Gasteiger partial charge in [-0.25, -0.2) is 0 Å². The van der Waals surface area contributed by atoms with Crippen LogP contribution in [0.1, 0.15) is 28.8 Å². The van der Waals surface area contributed by atoms with Crippen LogP contribution in [0, 0.1) is 0 Å². The van der Waals surface area contributed by atoms with Crippen LogP contribution in [-0.2, 0) is 6.42 Å². The number of hydrogen-bond acceptors (Lipinski definition) is 4. The van der Waals surface area contributed by atoms with Crippen LogP contribution in [0.3, 0.4) is 0 Å². The number of carbonyl (C=O) groups excluding carboxylic acids is 1. The van der Waals surface area contributed by atoms with Gasteiger partial charge in [-0.2, -0.15) is 0 Å². The molecule has 0 atom stereocenters. The van der Waals surface area contributed by atoms with E-state index in [1.54, 1.807) is 20.4 Å². The van der Waals surface area contributed by atoms with Crippen molar-refractivity contribution in [1.29, 1.82) is 0 Å². The molecule has 1 aromatic heterocycles. The molecule has 4 rings (SSSR count). The van der Waals surface area contributed by atoms with E-state index in [1.807, 2.05) is 66.9 Å². The van der Waals surface area contributed by atoms with Gasteiger partial charge in [-0.15, -0.1) is 0 Å². The minimum Gasteiger partial charge on any atom is -0.493 e. The Labute approximate surface area is 206 Å². The van der Waals surface area contributed by atoms with Gasteiger partial charge in [0.1, 0.15) is 0 Å². The van der Waals surface area contributed by atoms with Gasteiger partial charge in [0.2, 0.25) is 0 Å². The van der Waals surface area contributed by atoms with Gasteiger partial charge in [0.25, 0.3) is 5.91 Å². The van der Waals surface area contributed by atoms with Crippen LogP contribution in [0.25, 0.3) is 22.3 Å². The van der Waals surface area contributed by atoms with Gasteiger partial charge in [-0.3, -0.25) is 9.78 Å². The number of hydrogen-bond donors (Lipinski definition) is 1. The molecule has 0 aliphatic carbocycles. The third kappa shape index (κ3) is 6.07. The molecule has 1 N–H and O–H groups in total. The molecule has 0 aliphatic heterocycles. The molecular formula is C30H30N2O3. The fraction of sp³-hybridized carbons (Fsp3) is 0.200. The summed E-state index contributed by atoms with van der Waals surface area (Å²) in [5.41, 5.74) is 5.90. The Balaban J connectivity index is 1.52. The van der Waals surface area contributed by atoms with Gasteiger partial charge >= 0.3 is 0 Å². The van der Waals surface area contributed by atoms with E-state index in [9.17, 15) is 4.79 Å². The molecule has 5 heteroatoms. The molecule has 0 radical (unpaired) electrons. The summed E-state index contributed by atoms with van der Waals surface area (Å²) in [6.45, 7) is 0.636. The first kappa shape index (κ1) is 24.0. The molecule has 3 aromatic carbocycles. The average Bonchev–Trinajstić information content (AvgIpc) is 2.93. The summed E-state index contributed by atoms with van der Waals surface area (Å²) in [5, 5.41) is 3.07. The van der Waals surface area contributed by atoms with Crippen LogP contribution < -0.4 is 14.8 Å². The number of amides is 1. The van der Waals surface area contributed by atoms with E-state index in [1.165, 1.54) is 5.56 Å². The number of nitrogens with one attached hydrogen (secondary N) is 1. The molecule has 0 bridgehead atoms. The highest BCUT2D eigenvalue weighted by molar-refractivity contribution is 5.97. The first-order valence-electron chi connectivity index (χ1n) is 11.8. The maximum atomic E-state index is 12.9. The second-order valence-corrected chi connectivity index (χ2v) is 8.27. The number of rotatable bonds is 10. The highest BCUT2D eigenvalue weighted by Crippen LogP contribution is 2.37. The maximum Gasteiger partial charge on any atom is 0.251 e. The molecular weight excluding hydrogens is 436 g/mol. The van der Waals surface area contributed by atoms with Crippen LogP contribution in [0.2, 0.25) is 0 Å². The summed E-state index contributed by atoms with van der Waals surface area (Å²) in [7, 11) is 3.25. The molecule has 0 saturated heterocycles. The minimum absolute atomic E-state index is 0.0672. The van der Waals surface area contributed by atoms with Crippen molar-refractivity contribution < 1.29 is 14.3 Å². The Morgan fingerprint density at radius 3 is 2.37 bits per heavy atom. The normalized spacial score (nSPS) is 10.6. The lowest BCUT2D eigenvalue weighted by Gasteiger charge is -2.15. The van der Waals surface area contributed by atoms with Crippen LogP contribution in [-0.4, -0.2) is 31.7 Å². The van der Waals surface area contributed by atoms with E-state index in [4.69, 9.17) is 9.47 Å². The Morgan fingerprint density at radius 1 is 0.800 bits per heavy atom. The zero-order valence-corrected chi connectivity index (χ0v) is 20.2. The molecule has 4 aromatic rings. The van der Waals surface area contributed by atoms with E-state index >= 15 is 0 Å². The molecule has 0 fully saturated rings. The summed E-state index contributed by atoms with van der Waals surface area (Å²) < 4.78 is 10.9. The fourth-order valence-corrected chi connectivity index (χ4v) is 4.10. The van der Waals surface area contributed by atoms with Gasteiger partial charge in [0, 0.05) is 24.5 Å². The van der Waals surface area contributed by atoms with Gasteiger partial charge in [-0.1, -0.05) is 48.5 Å². The monoisotopic (exact) mass is 466 g/mol. The van der Waals surface area contributed by atoms with Crippen LogP contribution in [0.5, 0.6) is 11.5 Å². The maximum absolute atomic E-state index is 12.9. The Morgan fingerprint density at radius 2 is 1.63 bits per heavy atom. The predicted molar refractivity (Wildman–Crippen MR) is 140 cm³/mol. The van der Waals surface area contributed by atoms with Crippen molar-refractivity contribution in [1.82, 2.24) is 10.3 Å². The SMILES string of the molecule is COc1ccc(-c2ccc(C(=O)NCCCCc3cccnc3)cc2-c2ccccc2)cc1OC. The zero-order valence-electron chi connectivity index (χ0n) is 20.2. The second kappa shape index (κ2) is 11.8. The summed E-state index contributed by atoms with van der Waals surface area (Å²) in [6.07, 6.45) is 6.55. The molecule has 1 heterocycles. The summed E-state index contributed by atoms with van der Waals surface area (Å²) in [6, 6.07) is 25.8. The number of benzene rings is 3. The van der Waals surface area contributed by atoms with Crippen molar-refractivity contribution in [2.24, 2.45) is 0 Å². The lowest BCUT2D eigenvalue weighted by Crippen LogP contribution is -2.24. The van der Waals surface area contributed by atoms with Gasteiger partial charge < -0.3 is 14.8 Å². The first-order chi connectivity index (χ1) is 17.2. The third-order valence-electron chi connectivity index (χ3n) is 5.96. The molecule has 0 aliphatic rings. The van der Waals surface area contributed by atoms with Crippen molar-refractivity contribution in [3.05, 3.63) is 102 Å². The average molecular weight is 467 g/mol. The molecule has 1 amide bonds. The Bertz CT molecular complexity index is 1260. The standard InChI is InChI=1S/C30H30N2O3/c1-34-28-16-14-24(20-29(28)35-2)26-15-13-25(19-27(26)23-11-4-3-5-12-23)30(33)32-18-7-6-9-22-10-8-17-31-21-22/h3-5,8,10-17,19-21H,6-7,9,18H2,1-2H3,(H,32,33). The van der Waals surface area contributed by atoms with Crippen molar-refractivity contribution in [2.75, 3.05) is 20.8 Å². The van der Waals surface area contributed by atoms with E-state index in [0.29, 0.717) is 23.6 Å². The fourth-order valence-electron chi connectivity index (χ4n) is 4.10. The Kier molecular flexibility index (Phi) is 8.12. The number of pyridine rings is 1. The molecule has 0 saturated carbocycles. The van der Waals surface area contributed by atoms with Gasteiger partial charge in [0.15, 0.2) is 11.5 Å². The minimum atomic E-state index is -0.0672. The number of methoxy groups -OCH3 is 2. The number of unbranched alkanes of at least 4 members (excludes halogenated alkanes) is 1. The molecule has 35 heavy (non-hydrogen) atoms. The van der Waals surface area contributed by atoms with Gasteiger partial charge in [0.05, 0.1) is 14.2 Å². The number of aromatic nitrogens is 1. The van der Waals surface area contributed by atoms with E-state index in [0.717, 1.165) is 41.5 Å². The van der Waals surface area contributed by atoms with Crippen LogP contribution in [0.15, 0.2) is 91.3 Å². The number of ether oxygens (including phenoxy) is 2. The molecule has 0 spiro atoms. The smallest absolute Gasteiger partial charge is 0.251 e. The predicted octanol–water partition coefficient (Wildman–Crippen LogP) is 6.19. The largest absolute Gasteiger partial charge is 0.493 e. The second-order valence-electron chi connectivity index (χ2n) is 8.27. The highest BCUT2D eigenvalue weighted by Gasteiger charge is 2.14. The van der Waals surface area contributed by atoms with Crippen LogP contribution >= 0.6 is 0 Å².